The first-order valence-corrected chi connectivity index (χ1v) is 16.3. The molecule has 6 rings (SSSR count). The van der Waals surface area contributed by atoms with E-state index >= 15 is 0 Å². The Morgan fingerprint density at radius 2 is 0.457 bits per heavy atom. The van der Waals surface area contributed by atoms with Crippen LogP contribution in [0.25, 0.3) is 0 Å². The van der Waals surface area contributed by atoms with Crippen molar-refractivity contribution in [3.8, 4) is 0 Å². The maximum Gasteiger partial charge on any atom is 0.0461 e. The van der Waals surface area contributed by atoms with Gasteiger partial charge in [-0.1, -0.05) is 109 Å². The molecule has 0 heterocycles. The molecule has 2 heteroatoms. The average molecular weight is 601 g/mol. The van der Waals surface area contributed by atoms with Crippen LogP contribution in [0.4, 0.5) is 34.1 Å². The van der Waals surface area contributed by atoms with Crippen LogP contribution in [0.2, 0.25) is 0 Å². The Morgan fingerprint density at radius 1 is 0.283 bits per heavy atom. The molecule has 0 aliphatic carbocycles. The molecule has 0 radical (unpaired) electrons. The van der Waals surface area contributed by atoms with Gasteiger partial charge in [-0.15, -0.1) is 0 Å². The molecule has 46 heavy (non-hydrogen) atoms. The molecule has 0 bridgehead atoms. The Labute approximate surface area is 275 Å². The molecule has 6 aromatic carbocycles. The Kier molecular flexibility index (Phi) is 9.08. The third kappa shape index (κ3) is 6.77. The number of benzene rings is 6. The van der Waals surface area contributed by atoms with Crippen molar-refractivity contribution < 1.29 is 0 Å². The highest BCUT2D eigenvalue weighted by Gasteiger charge is 2.19. The van der Waals surface area contributed by atoms with E-state index in [1.807, 2.05) is 0 Å². The van der Waals surface area contributed by atoms with Crippen LogP contribution < -0.4 is 9.80 Å². The summed E-state index contributed by atoms with van der Waals surface area (Å²) in [7, 11) is 0. The first kappa shape index (κ1) is 30.9. The standard InChI is InChI=1S/C44H44N2/c1-31-7-19-39(20-8-31)45(40-21-9-32(2)10-22-40)43-27-15-37(16-28-43)35(5)36(6)38-17-29-44(30-18-38)46(41-23-11-33(3)12-24-41)42-25-13-34(4)14-26-42/h7-30,35-36H,1-6H3/t35-,36?/m0/s1. The summed E-state index contributed by atoms with van der Waals surface area (Å²) in [6, 6.07) is 53.4. The van der Waals surface area contributed by atoms with Crippen molar-refractivity contribution in [1.29, 1.82) is 0 Å². The van der Waals surface area contributed by atoms with Gasteiger partial charge in [0.2, 0.25) is 0 Å². The van der Waals surface area contributed by atoms with Crippen LogP contribution in [-0.4, -0.2) is 0 Å². The first-order chi connectivity index (χ1) is 22.3. The Balaban J connectivity index is 1.25. The van der Waals surface area contributed by atoms with Crippen molar-refractivity contribution in [2.24, 2.45) is 0 Å². The van der Waals surface area contributed by atoms with Crippen molar-refractivity contribution >= 4 is 34.1 Å². The van der Waals surface area contributed by atoms with Gasteiger partial charge in [-0.3, -0.25) is 0 Å². The van der Waals surface area contributed by atoms with Gasteiger partial charge >= 0.3 is 0 Å². The number of hydrogen-bond donors (Lipinski definition) is 0. The van der Waals surface area contributed by atoms with Crippen LogP contribution in [0.3, 0.4) is 0 Å². The van der Waals surface area contributed by atoms with Gasteiger partial charge in [-0.25, -0.2) is 0 Å². The summed E-state index contributed by atoms with van der Waals surface area (Å²) >= 11 is 0. The molecule has 0 amide bonds. The zero-order valence-corrected chi connectivity index (χ0v) is 27.9. The van der Waals surface area contributed by atoms with Crippen LogP contribution in [-0.2, 0) is 0 Å². The van der Waals surface area contributed by atoms with E-state index < -0.39 is 0 Å². The average Bonchev–Trinajstić information content (AvgIpc) is 3.08. The summed E-state index contributed by atoms with van der Waals surface area (Å²) in [6.45, 7) is 13.2. The number of rotatable bonds is 9. The van der Waals surface area contributed by atoms with E-state index in [4.69, 9.17) is 0 Å². The molecule has 0 saturated heterocycles. The fourth-order valence-electron chi connectivity index (χ4n) is 6.10. The van der Waals surface area contributed by atoms with Gasteiger partial charge in [0.05, 0.1) is 0 Å². The summed E-state index contributed by atoms with van der Waals surface area (Å²) in [6.07, 6.45) is 0. The number of nitrogens with zero attached hydrogens (tertiary/aromatic N) is 2. The van der Waals surface area contributed by atoms with Crippen molar-refractivity contribution in [3.63, 3.8) is 0 Å². The smallest absolute Gasteiger partial charge is 0.0461 e. The van der Waals surface area contributed by atoms with Crippen LogP contribution in [0, 0.1) is 27.7 Å². The predicted octanol–water partition coefficient (Wildman–Crippen LogP) is 12.8. The molecular weight excluding hydrogens is 556 g/mol. The molecule has 230 valence electrons. The summed E-state index contributed by atoms with van der Waals surface area (Å²) in [5, 5.41) is 0. The Morgan fingerprint density at radius 3 is 0.652 bits per heavy atom. The van der Waals surface area contributed by atoms with Crippen molar-refractivity contribution in [1.82, 2.24) is 0 Å². The fourth-order valence-corrected chi connectivity index (χ4v) is 6.10. The third-order valence-corrected chi connectivity index (χ3v) is 9.27. The molecule has 0 saturated carbocycles. The lowest BCUT2D eigenvalue weighted by atomic mass is 9.84. The predicted molar refractivity (Wildman–Crippen MR) is 198 cm³/mol. The summed E-state index contributed by atoms with van der Waals surface area (Å²) < 4.78 is 0. The minimum atomic E-state index is 0.359. The zero-order chi connectivity index (χ0) is 32.2. The lowest BCUT2D eigenvalue weighted by Gasteiger charge is -2.28. The monoisotopic (exact) mass is 600 g/mol. The van der Waals surface area contributed by atoms with Crippen LogP contribution in [0.15, 0.2) is 146 Å². The second-order valence-corrected chi connectivity index (χ2v) is 12.8. The number of anilines is 6. The van der Waals surface area contributed by atoms with Gasteiger partial charge in [-0.2, -0.15) is 0 Å². The van der Waals surface area contributed by atoms with Gasteiger partial charge in [-0.05, 0) is 123 Å². The largest absolute Gasteiger partial charge is 0.311 e. The molecule has 0 spiro atoms. The minimum absolute atomic E-state index is 0.359. The van der Waals surface area contributed by atoms with Crippen LogP contribution >= 0.6 is 0 Å². The van der Waals surface area contributed by atoms with E-state index in [-0.39, 0.29) is 0 Å². The highest BCUT2D eigenvalue weighted by Crippen LogP contribution is 2.39. The number of hydrogen-bond acceptors (Lipinski definition) is 2. The van der Waals surface area contributed by atoms with E-state index in [1.54, 1.807) is 0 Å². The maximum absolute atomic E-state index is 2.34. The summed E-state index contributed by atoms with van der Waals surface area (Å²) in [5.41, 5.74) is 14.7. The van der Waals surface area contributed by atoms with E-state index in [0.717, 1.165) is 34.1 Å². The molecule has 0 aromatic heterocycles. The quantitative estimate of drug-likeness (QED) is 0.163. The molecule has 2 atom stereocenters. The molecule has 0 N–H and O–H groups in total. The highest BCUT2D eigenvalue weighted by atomic mass is 15.1. The fraction of sp³-hybridized carbons (Fsp3) is 0.182. The molecule has 0 aliphatic heterocycles. The van der Waals surface area contributed by atoms with Gasteiger partial charge < -0.3 is 9.80 Å². The highest BCUT2D eigenvalue weighted by molar-refractivity contribution is 5.78. The van der Waals surface area contributed by atoms with E-state index in [2.05, 4.69) is 197 Å². The maximum atomic E-state index is 2.34. The molecular formula is C44H44N2. The van der Waals surface area contributed by atoms with Crippen molar-refractivity contribution in [2.75, 3.05) is 9.80 Å². The van der Waals surface area contributed by atoms with Crippen molar-refractivity contribution in [3.05, 3.63) is 179 Å². The van der Waals surface area contributed by atoms with Gasteiger partial charge in [0.15, 0.2) is 0 Å². The van der Waals surface area contributed by atoms with Crippen LogP contribution in [0.5, 0.6) is 0 Å². The lowest BCUT2D eigenvalue weighted by molar-refractivity contribution is 0.624. The molecule has 0 fully saturated rings. The second-order valence-electron chi connectivity index (χ2n) is 12.8. The Bertz CT molecular complexity index is 1620. The molecule has 0 aliphatic rings. The van der Waals surface area contributed by atoms with E-state index in [0.29, 0.717) is 11.8 Å². The topological polar surface area (TPSA) is 6.48 Å². The first-order valence-electron chi connectivity index (χ1n) is 16.3. The van der Waals surface area contributed by atoms with Gasteiger partial charge in [0.25, 0.3) is 0 Å². The van der Waals surface area contributed by atoms with Crippen LogP contribution in [0.1, 0.15) is 59.1 Å². The minimum Gasteiger partial charge on any atom is -0.311 e. The lowest BCUT2D eigenvalue weighted by Crippen LogP contribution is -2.11. The van der Waals surface area contributed by atoms with E-state index in [1.165, 1.54) is 33.4 Å². The molecule has 1 unspecified atom stereocenters. The van der Waals surface area contributed by atoms with E-state index in [9.17, 15) is 0 Å². The normalized spacial score (nSPS) is 12.4. The van der Waals surface area contributed by atoms with Gasteiger partial charge in [0, 0.05) is 34.1 Å². The zero-order valence-electron chi connectivity index (χ0n) is 27.9. The second kappa shape index (κ2) is 13.5. The SMILES string of the molecule is Cc1ccc(N(c2ccc(C)cc2)c2ccc(C(C)[C@H](C)c3ccc(N(c4ccc(C)cc4)c4ccc(C)cc4)cc3)cc2)cc1. The summed E-state index contributed by atoms with van der Waals surface area (Å²) in [5.74, 6) is 0.717. The summed E-state index contributed by atoms with van der Waals surface area (Å²) in [4.78, 5) is 4.67. The molecule has 2 nitrogen and oxygen atoms in total. The van der Waals surface area contributed by atoms with Gasteiger partial charge in [0.1, 0.15) is 0 Å². The number of aryl methyl sites for hydroxylation is 4. The van der Waals surface area contributed by atoms with Crippen molar-refractivity contribution in [2.45, 2.75) is 53.4 Å². The molecule has 6 aromatic rings. The Hall–Kier alpha value is -5.08. The third-order valence-electron chi connectivity index (χ3n) is 9.27.